The van der Waals surface area contributed by atoms with Gasteiger partial charge in [-0.15, -0.1) is 6.42 Å². The van der Waals surface area contributed by atoms with Gasteiger partial charge in [-0.25, -0.2) is 8.42 Å². The SMILES string of the molecule is C#CCN(CC1CC1)S(=O)(=O)c1ccc(CC)c(CO)c1. The van der Waals surface area contributed by atoms with E-state index < -0.39 is 10.0 Å². The molecule has 0 aromatic heterocycles. The molecule has 2 rings (SSSR count). The van der Waals surface area contributed by atoms with Gasteiger partial charge in [0.2, 0.25) is 10.0 Å². The van der Waals surface area contributed by atoms with E-state index in [2.05, 4.69) is 5.92 Å². The minimum atomic E-state index is -3.60. The molecule has 0 aliphatic heterocycles. The molecule has 0 heterocycles. The predicted octanol–water partition coefficient (Wildman–Crippen LogP) is 1.78. The number of aryl methyl sites for hydroxylation is 1. The summed E-state index contributed by atoms with van der Waals surface area (Å²) in [5, 5.41) is 9.40. The molecule has 4 nitrogen and oxygen atoms in total. The fourth-order valence-corrected chi connectivity index (χ4v) is 3.82. The van der Waals surface area contributed by atoms with Crippen molar-refractivity contribution in [3.8, 4) is 12.3 Å². The molecule has 1 aromatic carbocycles. The Kier molecular flexibility index (Phi) is 5.04. The second kappa shape index (κ2) is 6.61. The molecule has 5 heteroatoms. The highest BCUT2D eigenvalue weighted by Crippen LogP contribution is 2.31. The Balaban J connectivity index is 2.34. The topological polar surface area (TPSA) is 57.6 Å². The van der Waals surface area contributed by atoms with Crippen molar-refractivity contribution in [1.82, 2.24) is 4.31 Å². The van der Waals surface area contributed by atoms with E-state index in [1.54, 1.807) is 18.2 Å². The number of hydrogen-bond acceptors (Lipinski definition) is 3. The van der Waals surface area contributed by atoms with Gasteiger partial charge in [0.05, 0.1) is 18.0 Å². The fraction of sp³-hybridized carbons (Fsp3) is 0.500. The number of terminal acetylenes is 1. The summed E-state index contributed by atoms with van der Waals surface area (Å²) in [6.07, 6.45) is 8.19. The largest absolute Gasteiger partial charge is 0.392 e. The van der Waals surface area contributed by atoms with Crippen LogP contribution in [0, 0.1) is 18.3 Å². The molecule has 0 amide bonds. The van der Waals surface area contributed by atoms with Crippen LogP contribution in [0.25, 0.3) is 0 Å². The summed E-state index contributed by atoms with van der Waals surface area (Å²) in [4.78, 5) is 0.208. The molecule has 1 aliphatic carbocycles. The first-order valence-corrected chi connectivity index (χ1v) is 8.63. The maximum atomic E-state index is 12.7. The third-order valence-electron chi connectivity index (χ3n) is 3.79. The first-order chi connectivity index (χ1) is 10.0. The summed E-state index contributed by atoms with van der Waals surface area (Å²) >= 11 is 0. The Bertz CT molecular complexity index is 642. The quantitative estimate of drug-likeness (QED) is 0.781. The average Bonchev–Trinajstić information content (AvgIpc) is 3.30. The van der Waals surface area contributed by atoms with Crippen molar-refractivity contribution in [1.29, 1.82) is 0 Å². The van der Waals surface area contributed by atoms with Crippen LogP contribution < -0.4 is 0 Å². The lowest BCUT2D eigenvalue weighted by molar-refractivity contribution is 0.280. The first-order valence-electron chi connectivity index (χ1n) is 7.19. The molecular formula is C16H21NO3S. The van der Waals surface area contributed by atoms with Crippen LogP contribution in [0.4, 0.5) is 0 Å². The second-order valence-electron chi connectivity index (χ2n) is 5.39. The third kappa shape index (κ3) is 3.65. The first kappa shape index (κ1) is 16.0. The number of rotatable bonds is 7. The van der Waals surface area contributed by atoms with Gasteiger partial charge in [0.15, 0.2) is 0 Å². The van der Waals surface area contributed by atoms with Crippen LogP contribution in [0.5, 0.6) is 0 Å². The molecule has 0 bridgehead atoms. The maximum absolute atomic E-state index is 12.7. The van der Waals surface area contributed by atoms with Crippen LogP contribution in [0.15, 0.2) is 23.1 Å². The van der Waals surface area contributed by atoms with Gasteiger partial charge in [0.25, 0.3) is 0 Å². The average molecular weight is 307 g/mol. The molecule has 0 saturated heterocycles. The van der Waals surface area contributed by atoms with E-state index in [1.165, 1.54) is 4.31 Å². The molecule has 1 aliphatic rings. The zero-order valence-electron chi connectivity index (χ0n) is 12.2. The minimum absolute atomic E-state index is 0.0861. The summed E-state index contributed by atoms with van der Waals surface area (Å²) in [6, 6.07) is 4.93. The van der Waals surface area contributed by atoms with Crippen molar-refractivity contribution >= 4 is 10.0 Å². The monoisotopic (exact) mass is 307 g/mol. The lowest BCUT2D eigenvalue weighted by Crippen LogP contribution is -2.33. The summed E-state index contributed by atoms with van der Waals surface area (Å²) in [6.45, 7) is 2.38. The van der Waals surface area contributed by atoms with Crippen LogP contribution in [-0.4, -0.2) is 30.9 Å². The van der Waals surface area contributed by atoms with Crippen LogP contribution in [0.1, 0.15) is 30.9 Å². The van der Waals surface area contributed by atoms with Crippen molar-refractivity contribution in [2.45, 2.75) is 37.7 Å². The van der Waals surface area contributed by atoms with Gasteiger partial charge in [-0.1, -0.05) is 18.9 Å². The highest BCUT2D eigenvalue weighted by molar-refractivity contribution is 7.89. The predicted molar refractivity (Wildman–Crippen MR) is 82.1 cm³/mol. The van der Waals surface area contributed by atoms with E-state index in [0.29, 0.717) is 18.0 Å². The lowest BCUT2D eigenvalue weighted by Gasteiger charge is -2.20. The highest BCUT2D eigenvalue weighted by Gasteiger charge is 2.31. The van der Waals surface area contributed by atoms with Gasteiger partial charge in [0.1, 0.15) is 0 Å². The summed E-state index contributed by atoms with van der Waals surface area (Å²) in [5.41, 5.74) is 1.62. The van der Waals surface area contributed by atoms with Crippen molar-refractivity contribution in [3.63, 3.8) is 0 Å². The summed E-state index contributed by atoms with van der Waals surface area (Å²) in [5.74, 6) is 2.86. The zero-order valence-corrected chi connectivity index (χ0v) is 13.1. The van der Waals surface area contributed by atoms with Crippen LogP contribution in [-0.2, 0) is 23.1 Å². The number of aliphatic hydroxyl groups is 1. The molecule has 1 fully saturated rings. The highest BCUT2D eigenvalue weighted by atomic mass is 32.2. The van der Waals surface area contributed by atoms with Gasteiger partial charge in [-0.3, -0.25) is 0 Å². The molecule has 21 heavy (non-hydrogen) atoms. The van der Waals surface area contributed by atoms with Crippen LogP contribution >= 0.6 is 0 Å². The van der Waals surface area contributed by atoms with Crippen molar-refractivity contribution in [2.75, 3.05) is 13.1 Å². The Hall–Kier alpha value is -1.35. The maximum Gasteiger partial charge on any atom is 0.243 e. The summed E-state index contributed by atoms with van der Waals surface area (Å²) < 4.78 is 26.8. The molecule has 0 unspecified atom stereocenters. The standard InChI is InChI=1S/C16H21NO3S/c1-3-9-17(11-13-5-6-13)21(19,20)16-8-7-14(4-2)15(10-16)12-18/h1,7-8,10,13,18H,4-6,9,11-12H2,2H3. The molecule has 0 radical (unpaired) electrons. The number of hydrogen-bond donors (Lipinski definition) is 1. The van der Waals surface area contributed by atoms with Gasteiger partial charge >= 0.3 is 0 Å². The van der Waals surface area contributed by atoms with Crippen LogP contribution in [0.3, 0.4) is 0 Å². The van der Waals surface area contributed by atoms with Crippen molar-refractivity contribution in [2.24, 2.45) is 5.92 Å². The van der Waals surface area contributed by atoms with E-state index >= 15 is 0 Å². The fourth-order valence-electron chi connectivity index (χ4n) is 2.34. The van der Waals surface area contributed by atoms with E-state index in [4.69, 9.17) is 6.42 Å². The molecule has 0 spiro atoms. The number of aliphatic hydroxyl groups excluding tert-OH is 1. The molecule has 0 atom stereocenters. The minimum Gasteiger partial charge on any atom is -0.392 e. The van der Waals surface area contributed by atoms with Gasteiger partial charge < -0.3 is 5.11 Å². The molecule has 114 valence electrons. The number of benzene rings is 1. The second-order valence-corrected chi connectivity index (χ2v) is 7.33. The lowest BCUT2D eigenvalue weighted by atomic mass is 10.1. The zero-order chi connectivity index (χ0) is 15.5. The van der Waals surface area contributed by atoms with E-state index in [9.17, 15) is 13.5 Å². The van der Waals surface area contributed by atoms with Gasteiger partial charge in [0, 0.05) is 6.54 Å². The summed E-state index contributed by atoms with van der Waals surface area (Å²) in [7, 11) is -3.60. The molecule has 1 saturated carbocycles. The van der Waals surface area contributed by atoms with Crippen molar-refractivity contribution in [3.05, 3.63) is 29.3 Å². The Morgan fingerprint density at radius 1 is 1.38 bits per heavy atom. The Morgan fingerprint density at radius 2 is 2.10 bits per heavy atom. The Morgan fingerprint density at radius 3 is 2.62 bits per heavy atom. The smallest absolute Gasteiger partial charge is 0.243 e. The molecule has 1 aromatic rings. The third-order valence-corrected chi connectivity index (χ3v) is 5.60. The van der Waals surface area contributed by atoms with E-state index in [0.717, 1.165) is 24.8 Å². The van der Waals surface area contributed by atoms with Gasteiger partial charge in [-0.2, -0.15) is 4.31 Å². The van der Waals surface area contributed by atoms with E-state index in [1.807, 2.05) is 6.92 Å². The number of sulfonamides is 1. The van der Waals surface area contributed by atoms with Gasteiger partial charge in [-0.05, 0) is 48.4 Å². The van der Waals surface area contributed by atoms with Crippen molar-refractivity contribution < 1.29 is 13.5 Å². The molecule has 1 N–H and O–H groups in total. The molecular weight excluding hydrogens is 286 g/mol. The normalized spacial score (nSPS) is 15.1. The van der Waals surface area contributed by atoms with Crippen LogP contribution in [0.2, 0.25) is 0 Å². The Labute approximate surface area is 126 Å². The number of nitrogens with zero attached hydrogens (tertiary/aromatic N) is 1. The van der Waals surface area contributed by atoms with E-state index in [-0.39, 0.29) is 18.0 Å².